The van der Waals surface area contributed by atoms with Crippen molar-refractivity contribution in [3.8, 4) is 11.6 Å². The summed E-state index contributed by atoms with van der Waals surface area (Å²) in [5.41, 5.74) is 1.79. The van der Waals surface area contributed by atoms with Gasteiger partial charge in [0.15, 0.2) is 0 Å². The fraction of sp³-hybridized carbons (Fsp3) is 0.450. The summed E-state index contributed by atoms with van der Waals surface area (Å²) < 4.78 is 11.4. The molecule has 1 aromatic heterocycles. The van der Waals surface area contributed by atoms with Gasteiger partial charge in [-0.15, -0.1) is 0 Å². The molecule has 0 radical (unpaired) electrons. The smallest absolute Gasteiger partial charge is 0.227 e. The molecule has 3 rings (SSSR count). The van der Waals surface area contributed by atoms with Crippen LogP contribution in [0.1, 0.15) is 29.9 Å². The number of likely N-dealkylation sites (tertiary alicyclic amines) is 1. The topological polar surface area (TPSA) is 64.5 Å². The first kappa shape index (κ1) is 18.2. The highest BCUT2D eigenvalue weighted by Crippen LogP contribution is 2.21. The highest BCUT2D eigenvalue weighted by atomic mass is 16.5. The van der Waals surface area contributed by atoms with Crippen molar-refractivity contribution in [2.75, 3.05) is 20.2 Å². The standard InChI is InChI=1S/C20H25N3O3/c1-14-11-19(22-15(2)21-14)26-17-8-6-10-23(13-17)20(24)12-16-7-4-5-9-18(16)25-3/h4-5,7,9,11,17H,6,8,10,12-13H2,1-3H3. The van der Waals surface area contributed by atoms with Crippen LogP contribution >= 0.6 is 0 Å². The molecule has 26 heavy (non-hydrogen) atoms. The Morgan fingerprint density at radius 1 is 1.27 bits per heavy atom. The Hall–Kier alpha value is -2.63. The zero-order valence-electron chi connectivity index (χ0n) is 15.6. The van der Waals surface area contributed by atoms with E-state index in [1.54, 1.807) is 7.11 Å². The molecule has 2 heterocycles. The van der Waals surface area contributed by atoms with Gasteiger partial charge in [0.2, 0.25) is 11.8 Å². The van der Waals surface area contributed by atoms with Gasteiger partial charge in [-0.1, -0.05) is 18.2 Å². The van der Waals surface area contributed by atoms with E-state index in [0.29, 0.717) is 24.7 Å². The molecule has 0 saturated carbocycles. The second kappa shape index (κ2) is 8.17. The van der Waals surface area contributed by atoms with Gasteiger partial charge in [0, 0.05) is 23.9 Å². The van der Waals surface area contributed by atoms with E-state index in [4.69, 9.17) is 9.47 Å². The average molecular weight is 355 g/mol. The Kier molecular flexibility index (Phi) is 5.71. The van der Waals surface area contributed by atoms with E-state index >= 15 is 0 Å². The molecule has 1 aromatic carbocycles. The molecule has 1 saturated heterocycles. The second-order valence-corrected chi connectivity index (χ2v) is 6.61. The van der Waals surface area contributed by atoms with Crippen LogP contribution in [0.3, 0.4) is 0 Å². The van der Waals surface area contributed by atoms with Crippen molar-refractivity contribution in [2.45, 2.75) is 39.2 Å². The van der Waals surface area contributed by atoms with Crippen molar-refractivity contribution < 1.29 is 14.3 Å². The van der Waals surface area contributed by atoms with E-state index < -0.39 is 0 Å². The molecule has 0 spiro atoms. The van der Waals surface area contributed by atoms with Crippen molar-refractivity contribution in [2.24, 2.45) is 0 Å². The molecule has 1 unspecified atom stereocenters. The number of ether oxygens (including phenoxy) is 2. The lowest BCUT2D eigenvalue weighted by molar-refractivity contribution is -0.133. The zero-order chi connectivity index (χ0) is 18.5. The summed E-state index contributed by atoms with van der Waals surface area (Å²) in [7, 11) is 1.62. The fourth-order valence-corrected chi connectivity index (χ4v) is 3.30. The van der Waals surface area contributed by atoms with E-state index in [0.717, 1.165) is 36.4 Å². The molecule has 0 N–H and O–H groups in total. The van der Waals surface area contributed by atoms with Gasteiger partial charge in [-0.05, 0) is 32.8 Å². The van der Waals surface area contributed by atoms with Gasteiger partial charge in [-0.2, -0.15) is 4.98 Å². The minimum absolute atomic E-state index is 0.0425. The van der Waals surface area contributed by atoms with Crippen LogP contribution in [0.2, 0.25) is 0 Å². The lowest BCUT2D eigenvalue weighted by Crippen LogP contribution is -2.45. The number of nitrogens with zero attached hydrogens (tertiary/aromatic N) is 3. The number of carbonyl (C=O) groups excluding carboxylic acids is 1. The Morgan fingerprint density at radius 3 is 2.85 bits per heavy atom. The number of carbonyl (C=O) groups is 1. The molecular weight excluding hydrogens is 330 g/mol. The molecule has 1 atom stereocenters. The zero-order valence-corrected chi connectivity index (χ0v) is 15.6. The number of benzene rings is 1. The maximum atomic E-state index is 12.7. The Bertz CT molecular complexity index is 758. The maximum Gasteiger partial charge on any atom is 0.227 e. The first-order valence-electron chi connectivity index (χ1n) is 8.94. The lowest BCUT2D eigenvalue weighted by Gasteiger charge is -2.33. The molecule has 1 fully saturated rings. The van der Waals surface area contributed by atoms with E-state index in [-0.39, 0.29) is 12.0 Å². The third kappa shape index (κ3) is 4.50. The molecule has 0 bridgehead atoms. The average Bonchev–Trinajstić information content (AvgIpc) is 2.61. The second-order valence-electron chi connectivity index (χ2n) is 6.61. The monoisotopic (exact) mass is 355 g/mol. The van der Waals surface area contributed by atoms with Gasteiger partial charge in [0.05, 0.1) is 20.1 Å². The predicted octanol–water partition coefficient (Wildman–Crippen LogP) is 2.71. The first-order valence-corrected chi connectivity index (χ1v) is 8.94. The van der Waals surface area contributed by atoms with E-state index in [2.05, 4.69) is 9.97 Å². The quantitative estimate of drug-likeness (QED) is 0.825. The summed E-state index contributed by atoms with van der Waals surface area (Å²) in [5, 5.41) is 0. The number of para-hydroxylation sites is 1. The number of methoxy groups -OCH3 is 1. The first-order chi connectivity index (χ1) is 12.5. The highest BCUT2D eigenvalue weighted by molar-refractivity contribution is 5.79. The molecule has 1 aliphatic rings. The Morgan fingerprint density at radius 2 is 2.08 bits per heavy atom. The Balaban J connectivity index is 1.63. The SMILES string of the molecule is COc1ccccc1CC(=O)N1CCCC(Oc2cc(C)nc(C)n2)C1. The third-order valence-electron chi connectivity index (χ3n) is 4.49. The minimum atomic E-state index is -0.0425. The molecule has 0 aliphatic carbocycles. The molecule has 6 nitrogen and oxygen atoms in total. The molecule has 1 aliphatic heterocycles. The maximum absolute atomic E-state index is 12.7. The normalized spacial score (nSPS) is 17.0. The highest BCUT2D eigenvalue weighted by Gasteiger charge is 2.26. The number of hydrogen-bond acceptors (Lipinski definition) is 5. The van der Waals surface area contributed by atoms with Gasteiger partial charge in [-0.25, -0.2) is 4.98 Å². The largest absolute Gasteiger partial charge is 0.496 e. The van der Waals surface area contributed by atoms with E-state index in [9.17, 15) is 4.79 Å². The van der Waals surface area contributed by atoms with Crippen LogP contribution in [-0.2, 0) is 11.2 Å². The summed E-state index contributed by atoms with van der Waals surface area (Å²) in [6, 6.07) is 9.48. The summed E-state index contributed by atoms with van der Waals surface area (Å²) in [6.45, 7) is 5.11. The van der Waals surface area contributed by atoms with Gasteiger partial charge in [0.1, 0.15) is 17.7 Å². The fourth-order valence-electron chi connectivity index (χ4n) is 3.30. The van der Waals surface area contributed by atoms with E-state index in [1.807, 2.05) is 49.1 Å². The lowest BCUT2D eigenvalue weighted by atomic mass is 10.1. The third-order valence-corrected chi connectivity index (χ3v) is 4.49. The van der Waals surface area contributed by atoms with Gasteiger partial charge in [-0.3, -0.25) is 4.79 Å². The number of amides is 1. The van der Waals surface area contributed by atoms with Crippen molar-refractivity contribution in [1.29, 1.82) is 0 Å². The number of hydrogen-bond donors (Lipinski definition) is 0. The molecule has 138 valence electrons. The molecular formula is C20H25N3O3. The minimum Gasteiger partial charge on any atom is -0.496 e. The number of aromatic nitrogens is 2. The van der Waals surface area contributed by atoms with Gasteiger partial charge < -0.3 is 14.4 Å². The number of aryl methyl sites for hydroxylation is 2. The predicted molar refractivity (Wildman–Crippen MR) is 98.4 cm³/mol. The number of rotatable bonds is 5. The van der Waals surface area contributed by atoms with Crippen LogP contribution in [0.5, 0.6) is 11.6 Å². The van der Waals surface area contributed by atoms with Crippen molar-refractivity contribution >= 4 is 5.91 Å². The molecule has 2 aromatic rings. The summed E-state index contributed by atoms with van der Waals surface area (Å²) in [5.74, 6) is 2.12. The van der Waals surface area contributed by atoms with Crippen LogP contribution < -0.4 is 9.47 Å². The summed E-state index contributed by atoms with van der Waals surface area (Å²) >= 11 is 0. The molecule has 6 heteroatoms. The van der Waals surface area contributed by atoms with Gasteiger partial charge >= 0.3 is 0 Å². The summed E-state index contributed by atoms with van der Waals surface area (Å²) in [6.07, 6.45) is 2.13. The van der Waals surface area contributed by atoms with Crippen molar-refractivity contribution in [3.05, 3.63) is 47.4 Å². The van der Waals surface area contributed by atoms with Crippen LogP contribution in [0.4, 0.5) is 0 Å². The van der Waals surface area contributed by atoms with Crippen LogP contribution in [-0.4, -0.2) is 47.1 Å². The summed E-state index contributed by atoms with van der Waals surface area (Å²) in [4.78, 5) is 23.2. The van der Waals surface area contributed by atoms with E-state index in [1.165, 1.54) is 0 Å². The molecule has 1 amide bonds. The number of piperidine rings is 1. The van der Waals surface area contributed by atoms with Gasteiger partial charge in [0.25, 0.3) is 0 Å². The van der Waals surface area contributed by atoms with Crippen LogP contribution in [0.15, 0.2) is 30.3 Å². The van der Waals surface area contributed by atoms with Crippen LogP contribution in [0, 0.1) is 13.8 Å². The van der Waals surface area contributed by atoms with Crippen molar-refractivity contribution in [3.63, 3.8) is 0 Å². The Labute approximate surface area is 154 Å². The van der Waals surface area contributed by atoms with Crippen LogP contribution in [0.25, 0.3) is 0 Å². The van der Waals surface area contributed by atoms with Crippen molar-refractivity contribution in [1.82, 2.24) is 14.9 Å².